The van der Waals surface area contributed by atoms with E-state index in [2.05, 4.69) is 20.4 Å². The van der Waals surface area contributed by atoms with Crippen LogP contribution in [-0.4, -0.2) is 75.9 Å². The van der Waals surface area contributed by atoms with Crippen LogP contribution in [0.4, 0.5) is 10.6 Å². The quantitative estimate of drug-likeness (QED) is 0.143. The monoisotopic (exact) mass is 757 g/mol. The summed E-state index contributed by atoms with van der Waals surface area (Å²) in [5.41, 5.74) is -1.29. The molecule has 2 N–H and O–H groups in total. The van der Waals surface area contributed by atoms with E-state index in [4.69, 9.17) is 26.6 Å². The van der Waals surface area contributed by atoms with Crippen molar-refractivity contribution in [1.82, 2.24) is 29.4 Å². The van der Waals surface area contributed by atoms with Crippen molar-refractivity contribution in [1.29, 1.82) is 0 Å². The fourth-order valence-electron chi connectivity index (χ4n) is 7.93. The fraction of sp³-hybridized carbons (Fsp3) is 0.595. The summed E-state index contributed by atoms with van der Waals surface area (Å²) in [4.78, 5) is 36.0. The van der Waals surface area contributed by atoms with Crippen molar-refractivity contribution in [2.24, 2.45) is 22.7 Å². The Labute approximate surface area is 315 Å². The maximum absolute atomic E-state index is 13.2. The molecule has 52 heavy (non-hydrogen) atoms. The zero-order valence-electron chi connectivity index (χ0n) is 34.0. The average Bonchev–Trinajstić information content (AvgIpc) is 4.04. The smallest absolute Gasteiger partial charge is 0.410 e. The number of carbonyl (C=O) groups is 2. The summed E-state index contributed by atoms with van der Waals surface area (Å²) in [6, 6.07) is 8.42. The Morgan fingerprint density at radius 1 is 1.08 bits per heavy atom. The van der Waals surface area contributed by atoms with E-state index in [1.54, 1.807) is 11.0 Å². The number of halogens is 1. The van der Waals surface area contributed by atoms with Crippen molar-refractivity contribution in [2.75, 3.05) is 25.0 Å². The highest BCUT2D eigenvalue weighted by Gasteiger charge is 2.85. The number of nitrogens with one attached hydrogen (secondary N) is 2. The third-order valence-corrected chi connectivity index (χ3v) is 12.2. The zero-order chi connectivity index (χ0) is 40.7. The Morgan fingerprint density at radius 2 is 1.81 bits per heavy atom. The van der Waals surface area contributed by atoms with E-state index >= 15 is 0 Å². The molecule has 0 radical (unpaired) electrons. The molecule has 3 saturated carbocycles. The first kappa shape index (κ1) is 31.6. The number of ether oxygens (including phenoxy) is 2. The third kappa shape index (κ3) is 7.33. The van der Waals surface area contributed by atoms with Crippen LogP contribution in [0, 0.1) is 22.7 Å². The van der Waals surface area contributed by atoms with E-state index in [-0.39, 0.29) is 61.7 Å². The standard InChI is InChI=1S/C37H48ClN7O6S/c1-34(2,3)51-33(47)44-23-24(22-35(44,4)5)8-7-19-39-27-9-6-10-30(40-27)52(48,49)43-32(46)25-11-12-28(41-31(25)38)45-20-13-29(42-45)50-21-14-26-36(15-16-36)37(26)17-18-37/h6,9-13,20,24,26H,7-8,14-19,21-23H2,1-5H3,(H,39,40)(H,43,46)/t24-/m0/s1/i14D2,21D2. The average molecular weight is 758 g/mol. The highest BCUT2D eigenvalue weighted by atomic mass is 35.5. The van der Waals surface area contributed by atoms with Gasteiger partial charge in [0.1, 0.15) is 16.6 Å². The van der Waals surface area contributed by atoms with Crippen LogP contribution in [0.5, 0.6) is 5.88 Å². The van der Waals surface area contributed by atoms with Gasteiger partial charge in [0, 0.05) is 33.6 Å². The Balaban J connectivity index is 0.917. The van der Waals surface area contributed by atoms with Crippen molar-refractivity contribution in [3.05, 3.63) is 53.3 Å². The highest BCUT2D eigenvalue weighted by molar-refractivity contribution is 7.90. The molecule has 3 aliphatic carbocycles. The Hall–Kier alpha value is -3.91. The molecule has 13 nitrogen and oxygen atoms in total. The molecule has 3 aromatic heterocycles. The number of amides is 2. The van der Waals surface area contributed by atoms with Crippen LogP contribution in [0.2, 0.25) is 5.15 Å². The summed E-state index contributed by atoms with van der Waals surface area (Å²) in [6.07, 6.45) is 5.03. The van der Waals surface area contributed by atoms with Crippen LogP contribution in [0.1, 0.15) is 102 Å². The van der Waals surface area contributed by atoms with Crippen LogP contribution >= 0.6 is 11.6 Å². The lowest BCUT2D eigenvalue weighted by molar-refractivity contribution is 0.0130. The number of carbonyl (C=O) groups excluding carboxylic acids is 2. The van der Waals surface area contributed by atoms with Crippen molar-refractivity contribution < 1.29 is 33.0 Å². The predicted molar refractivity (Wildman–Crippen MR) is 195 cm³/mol. The topological polar surface area (TPSA) is 158 Å². The zero-order valence-corrected chi connectivity index (χ0v) is 31.6. The number of rotatable bonds is 13. The van der Waals surface area contributed by atoms with E-state index in [0.29, 0.717) is 18.9 Å². The molecular formula is C37H48ClN7O6S. The molecule has 7 rings (SSSR count). The molecule has 2 spiro atoms. The summed E-state index contributed by atoms with van der Waals surface area (Å²) in [7, 11) is -4.41. The van der Waals surface area contributed by atoms with E-state index < -0.39 is 34.5 Å². The van der Waals surface area contributed by atoms with E-state index in [1.807, 2.05) is 39.3 Å². The van der Waals surface area contributed by atoms with Gasteiger partial charge in [-0.3, -0.25) is 4.79 Å². The molecule has 4 aliphatic rings. The van der Waals surface area contributed by atoms with Crippen molar-refractivity contribution in [3.63, 3.8) is 0 Å². The fourth-order valence-corrected chi connectivity index (χ4v) is 9.10. The summed E-state index contributed by atoms with van der Waals surface area (Å²) in [5.74, 6) is -0.856. The van der Waals surface area contributed by atoms with Gasteiger partial charge in [-0.25, -0.2) is 24.2 Å². The number of pyridine rings is 2. The van der Waals surface area contributed by atoms with Gasteiger partial charge in [-0.05, 0) is 133 Å². The molecule has 2 amide bonds. The minimum atomic E-state index is -4.41. The summed E-state index contributed by atoms with van der Waals surface area (Å²) < 4.78 is 75.1. The lowest BCUT2D eigenvalue weighted by Crippen LogP contribution is -2.45. The third-order valence-electron chi connectivity index (χ3n) is 10.7. The first-order chi connectivity index (χ1) is 26.0. The number of anilines is 1. The number of sulfonamides is 1. The maximum atomic E-state index is 13.2. The molecule has 0 aromatic carbocycles. The second-order valence-electron chi connectivity index (χ2n) is 16.0. The normalized spacial score (nSPS) is 22.6. The number of fused-ring (bicyclic) bond motifs is 1. The maximum Gasteiger partial charge on any atom is 0.410 e. The van der Waals surface area contributed by atoms with Crippen LogP contribution in [0.3, 0.4) is 0 Å². The minimum absolute atomic E-state index is 0.0802. The molecule has 1 atom stereocenters. The number of nitrogens with zero attached hydrogens (tertiary/aromatic N) is 5. The Bertz CT molecular complexity index is 2140. The van der Waals surface area contributed by atoms with Crippen LogP contribution in [0.15, 0.2) is 47.6 Å². The molecule has 15 heteroatoms. The summed E-state index contributed by atoms with van der Waals surface area (Å²) in [6.45, 7) is 8.07. The van der Waals surface area contributed by atoms with Crippen molar-refractivity contribution >= 4 is 39.4 Å². The second kappa shape index (κ2) is 13.2. The van der Waals surface area contributed by atoms with Gasteiger partial charge in [-0.1, -0.05) is 17.7 Å². The van der Waals surface area contributed by atoms with E-state index in [1.165, 1.54) is 41.2 Å². The number of hydrogen-bond acceptors (Lipinski definition) is 10. The molecule has 4 heterocycles. The van der Waals surface area contributed by atoms with Gasteiger partial charge in [-0.2, -0.15) is 8.42 Å². The molecule has 4 fully saturated rings. The van der Waals surface area contributed by atoms with Crippen LogP contribution in [0.25, 0.3) is 5.82 Å². The summed E-state index contributed by atoms with van der Waals surface area (Å²) >= 11 is 6.34. The number of hydrogen-bond donors (Lipinski definition) is 2. The molecule has 0 unspecified atom stereocenters. The molecule has 1 aliphatic heterocycles. The molecular weight excluding hydrogens is 706 g/mol. The number of likely N-dealkylation sites (tertiary alicyclic amines) is 1. The largest absolute Gasteiger partial charge is 0.477 e. The van der Waals surface area contributed by atoms with E-state index in [0.717, 1.165) is 44.9 Å². The lowest BCUT2D eigenvalue weighted by atomic mass is 9.93. The molecule has 3 aromatic rings. The van der Waals surface area contributed by atoms with Gasteiger partial charge in [-0.15, -0.1) is 5.10 Å². The van der Waals surface area contributed by atoms with Crippen LogP contribution < -0.4 is 14.8 Å². The first-order valence-electron chi connectivity index (χ1n) is 19.7. The molecule has 280 valence electrons. The summed E-state index contributed by atoms with van der Waals surface area (Å²) in [5, 5.41) is 6.64. The van der Waals surface area contributed by atoms with Crippen molar-refractivity contribution in [2.45, 2.75) is 102 Å². The van der Waals surface area contributed by atoms with Gasteiger partial charge in [0.2, 0.25) is 5.88 Å². The van der Waals surface area contributed by atoms with Gasteiger partial charge >= 0.3 is 6.09 Å². The van der Waals surface area contributed by atoms with Gasteiger partial charge in [0.25, 0.3) is 15.9 Å². The molecule has 0 bridgehead atoms. The van der Waals surface area contributed by atoms with Gasteiger partial charge < -0.3 is 19.7 Å². The minimum Gasteiger partial charge on any atom is -0.477 e. The highest BCUT2D eigenvalue weighted by Crippen LogP contribution is 2.93. The second-order valence-corrected chi connectivity index (χ2v) is 18.0. The van der Waals surface area contributed by atoms with Gasteiger partial charge in [0.05, 0.1) is 14.9 Å². The van der Waals surface area contributed by atoms with Crippen LogP contribution in [-0.2, 0) is 14.8 Å². The van der Waals surface area contributed by atoms with E-state index in [9.17, 15) is 18.0 Å². The predicted octanol–water partition coefficient (Wildman–Crippen LogP) is 6.62. The lowest BCUT2D eigenvalue weighted by Gasteiger charge is -2.33. The SMILES string of the molecule is [2H]C([2H])(Oc1ccn(-c2ccc(C(=O)NS(=O)(=O)c3cccc(NCCC[C@@H]4CN(C(=O)OC(C)(C)C)C(C)(C)C4)n3)c(Cl)n2)n1)C([2H])([2H])C1C2(CC2)C12CC2. The Kier molecular flexibility index (Phi) is 8.02. The Morgan fingerprint density at radius 3 is 2.48 bits per heavy atom. The van der Waals surface area contributed by atoms with Gasteiger partial charge in [0.15, 0.2) is 10.8 Å². The molecule has 1 saturated heterocycles. The first-order valence-corrected chi connectivity index (χ1v) is 19.6. The number of aromatic nitrogens is 4. The van der Waals surface area contributed by atoms with Crippen molar-refractivity contribution in [3.8, 4) is 11.7 Å².